The Balaban J connectivity index is 1.67. The first-order valence-electron chi connectivity index (χ1n) is 5.43. The summed E-state index contributed by atoms with van der Waals surface area (Å²) in [4.78, 5) is 12.7. The molecule has 0 radical (unpaired) electrons. The number of amides is 1. The van der Waals surface area contributed by atoms with Gasteiger partial charge in [0.15, 0.2) is 0 Å². The van der Waals surface area contributed by atoms with E-state index in [0.717, 1.165) is 28.6 Å². The summed E-state index contributed by atoms with van der Waals surface area (Å²) in [7, 11) is 0. The van der Waals surface area contributed by atoms with Gasteiger partial charge in [-0.1, -0.05) is 0 Å². The lowest BCUT2D eigenvalue weighted by Gasteiger charge is -2.19. The minimum Gasteiger partial charge on any atom is -0.373 e. The maximum Gasteiger partial charge on any atom is 0.262 e. The molecule has 0 aromatic carbocycles. The molecule has 0 saturated carbocycles. The summed E-state index contributed by atoms with van der Waals surface area (Å²) in [6.45, 7) is 0. The van der Waals surface area contributed by atoms with E-state index in [4.69, 9.17) is 4.74 Å². The molecule has 2 saturated heterocycles. The molecule has 86 valence electrons. The molecule has 5 heteroatoms. The van der Waals surface area contributed by atoms with Gasteiger partial charge in [0.1, 0.15) is 4.88 Å². The summed E-state index contributed by atoms with van der Waals surface area (Å²) in [6, 6.07) is 2.11. The Morgan fingerprint density at radius 1 is 1.56 bits per heavy atom. The molecule has 2 aliphatic heterocycles. The number of carbonyl (C=O) groups is 1. The molecule has 1 N–H and O–H groups in total. The van der Waals surface area contributed by atoms with Gasteiger partial charge in [-0.3, -0.25) is 4.79 Å². The molecule has 3 atom stereocenters. The Morgan fingerprint density at radius 3 is 3.00 bits per heavy atom. The molecule has 2 aliphatic rings. The third-order valence-electron chi connectivity index (χ3n) is 3.25. The molecule has 16 heavy (non-hydrogen) atoms. The lowest BCUT2D eigenvalue weighted by Crippen LogP contribution is -2.41. The molecule has 2 bridgehead atoms. The molecule has 3 heterocycles. The van der Waals surface area contributed by atoms with E-state index in [1.807, 2.05) is 11.4 Å². The zero-order chi connectivity index (χ0) is 11.1. The second-order valence-corrected chi connectivity index (χ2v) is 6.06. The standard InChI is InChI=1S/C11H12BrNO2S/c12-7-3-4-16-10(7)11(14)13-8-5-6-1-2-9(8)15-6/h3-4,6,8-9H,1-2,5H2,(H,13,14). The lowest BCUT2D eigenvalue weighted by molar-refractivity contribution is 0.0843. The van der Waals surface area contributed by atoms with E-state index in [2.05, 4.69) is 21.2 Å². The van der Waals surface area contributed by atoms with E-state index in [9.17, 15) is 4.79 Å². The summed E-state index contributed by atoms with van der Waals surface area (Å²) in [6.07, 6.45) is 3.83. The van der Waals surface area contributed by atoms with E-state index < -0.39 is 0 Å². The molecule has 1 aromatic heterocycles. The average Bonchev–Trinajstić information content (AvgIpc) is 2.92. The molecule has 0 spiro atoms. The topological polar surface area (TPSA) is 38.3 Å². The van der Waals surface area contributed by atoms with Crippen LogP contribution in [0.15, 0.2) is 15.9 Å². The van der Waals surface area contributed by atoms with Crippen molar-refractivity contribution < 1.29 is 9.53 Å². The van der Waals surface area contributed by atoms with Crippen molar-refractivity contribution in [2.75, 3.05) is 0 Å². The van der Waals surface area contributed by atoms with Crippen molar-refractivity contribution in [3.63, 3.8) is 0 Å². The Morgan fingerprint density at radius 2 is 2.44 bits per heavy atom. The Labute approximate surface area is 106 Å². The van der Waals surface area contributed by atoms with Crippen LogP contribution in [0, 0.1) is 0 Å². The predicted octanol–water partition coefficient (Wildman–Crippen LogP) is 2.56. The first-order chi connectivity index (χ1) is 7.74. The highest BCUT2D eigenvalue weighted by atomic mass is 79.9. The minimum absolute atomic E-state index is 0.0167. The fraction of sp³-hybridized carbons (Fsp3) is 0.545. The smallest absolute Gasteiger partial charge is 0.262 e. The zero-order valence-electron chi connectivity index (χ0n) is 8.61. The molecule has 3 unspecified atom stereocenters. The molecular formula is C11H12BrNO2S. The van der Waals surface area contributed by atoms with Crippen molar-refractivity contribution in [1.82, 2.24) is 5.32 Å². The normalized spacial score (nSPS) is 31.9. The summed E-state index contributed by atoms with van der Waals surface area (Å²) in [5.74, 6) is 0.0167. The second-order valence-electron chi connectivity index (χ2n) is 4.29. The summed E-state index contributed by atoms with van der Waals surface area (Å²) >= 11 is 4.84. The van der Waals surface area contributed by atoms with Crippen LogP contribution in [-0.4, -0.2) is 24.2 Å². The number of fused-ring (bicyclic) bond motifs is 2. The van der Waals surface area contributed by atoms with Crippen LogP contribution in [0.25, 0.3) is 0 Å². The van der Waals surface area contributed by atoms with Gasteiger partial charge in [0.25, 0.3) is 5.91 Å². The number of ether oxygens (including phenoxy) is 1. The van der Waals surface area contributed by atoms with E-state index >= 15 is 0 Å². The number of hydrogen-bond acceptors (Lipinski definition) is 3. The van der Waals surface area contributed by atoms with Crippen LogP contribution in [0.2, 0.25) is 0 Å². The van der Waals surface area contributed by atoms with Crippen LogP contribution >= 0.6 is 27.3 Å². The van der Waals surface area contributed by atoms with Gasteiger partial charge in [0, 0.05) is 4.47 Å². The van der Waals surface area contributed by atoms with Crippen LogP contribution in [0.1, 0.15) is 28.9 Å². The van der Waals surface area contributed by atoms with Gasteiger partial charge < -0.3 is 10.1 Å². The largest absolute Gasteiger partial charge is 0.373 e. The number of carbonyl (C=O) groups excluding carboxylic acids is 1. The lowest BCUT2D eigenvalue weighted by atomic mass is 9.95. The molecule has 3 nitrogen and oxygen atoms in total. The van der Waals surface area contributed by atoms with Crippen LogP contribution in [-0.2, 0) is 4.74 Å². The minimum atomic E-state index is 0.0167. The van der Waals surface area contributed by atoms with Crippen LogP contribution < -0.4 is 5.32 Å². The van der Waals surface area contributed by atoms with Crippen LogP contribution in [0.5, 0.6) is 0 Å². The first kappa shape index (κ1) is 10.7. The van der Waals surface area contributed by atoms with Crippen molar-refractivity contribution in [2.45, 2.75) is 37.5 Å². The van der Waals surface area contributed by atoms with E-state index in [-0.39, 0.29) is 18.1 Å². The van der Waals surface area contributed by atoms with Crippen molar-refractivity contribution in [2.24, 2.45) is 0 Å². The van der Waals surface area contributed by atoms with E-state index in [0.29, 0.717) is 6.10 Å². The van der Waals surface area contributed by atoms with Gasteiger partial charge in [-0.05, 0) is 46.6 Å². The Hall–Kier alpha value is -0.390. The maximum absolute atomic E-state index is 12.0. The van der Waals surface area contributed by atoms with Crippen molar-refractivity contribution >= 4 is 33.2 Å². The van der Waals surface area contributed by atoms with Crippen molar-refractivity contribution in [3.8, 4) is 0 Å². The van der Waals surface area contributed by atoms with E-state index in [1.165, 1.54) is 11.3 Å². The third kappa shape index (κ3) is 1.81. The zero-order valence-corrected chi connectivity index (χ0v) is 11.0. The van der Waals surface area contributed by atoms with Gasteiger partial charge >= 0.3 is 0 Å². The molecule has 1 aromatic rings. The fourth-order valence-electron chi connectivity index (χ4n) is 2.48. The number of rotatable bonds is 2. The average molecular weight is 302 g/mol. The van der Waals surface area contributed by atoms with Crippen molar-refractivity contribution in [1.29, 1.82) is 0 Å². The molecule has 2 fully saturated rings. The summed E-state index contributed by atoms with van der Waals surface area (Å²) < 4.78 is 6.58. The maximum atomic E-state index is 12.0. The number of hydrogen-bond donors (Lipinski definition) is 1. The van der Waals surface area contributed by atoms with E-state index in [1.54, 1.807) is 0 Å². The summed E-state index contributed by atoms with van der Waals surface area (Å²) in [5.41, 5.74) is 0. The second kappa shape index (κ2) is 4.13. The monoisotopic (exact) mass is 301 g/mol. The fourth-order valence-corrected chi connectivity index (χ4v) is 3.93. The van der Waals surface area contributed by atoms with Gasteiger partial charge in [-0.2, -0.15) is 0 Å². The number of nitrogens with one attached hydrogen (secondary N) is 1. The van der Waals surface area contributed by atoms with Crippen LogP contribution in [0.3, 0.4) is 0 Å². The Bertz CT molecular complexity index is 420. The first-order valence-corrected chi connectivity index (χ1v) is 7.10. The highest BCUT2D eigenvalue weighted by Gasteiger charge is 2.41. The molecular weight excluding hydrogens is 290 g/mol. The summed E-state index contributed by atoms with van der Waals surface area (Å²) in [5, 5.41) is 4.98. The number of halogens is 1. The van der Waals surface area contributed by atoms with Crippen LogP contribution in [0.4, 0.5) is 0 Å². The van der Waals surface area contributed by atoms with Gasteiger partial charge in [-0.15, -0.1) is 11.3 Å². The molecule has 1 amide bonds. The Kier molecular flexibility index (Phi) is 2.77. The third-order valence-corrected chi connectivity index (χ3v) is 5.08. The van der Waals surface area contributed by atoms with Gasteiger partial charge in [0.2, 0.25) is 0 Å². The van der Waals surface area contributed by atoms with Crippen molar-refractivity contribution in [3.05, 3.63) is 20.8 Å². The SMILES string of the molecule is O=C(NC1CC2CCC1O2)c1sccc1Br. The molecule has 3 rings (SSSR count). The number of thiophene rings is 1. The quantitative estimate of drug-likeness (QED) is 0.912. The molecule has 0 aliphatic carbocycles. The predicted molar refractivity (Wildman–Crippen MR) is 65.8 cm³/mol. The highest BCUT2D eigenvalue weighted by Crippen LogP contribution is 2.34. The van der Waals surface area contributed by atoms with Gasteiger partial charge in [0.05, 0.1) is 18.2 Å². The van der Waals surface area contributed by atoms with Gasteiger partial charge in [-0.25, -0.2) is 0 Å². The highest BCUT2D eigenvalue weighted by molar-refractivity contribution is 9.10.